The van der Waals surface area contributed by atoms with E-state index in [1.165, 1.54) is 24.3 Å². The summed E-state index contributed by atoms with van der Waals surface area (Å²) in [6.07, 6.45) is 0. The first-order valence-electron chi connectivity index (χ1n) is 6.92. The lowest BCUT2D eigenvalue weighted by Gasteiger charge is -2.15. The van der Waals surface area contributed by atoms with Crippen LogP contribution >= 0.6 is 27.7 Å². The smallest absolute Gasteiger partial charge is 0.331 e. The summed E-state index contributed by atoms with van der Waals surface area (Å²) in [7, 11) is 0. The number of urea groups is 1. The molecule has 2 aromatic rings. The van der Waals surface area contributed by atoms with Gasteiger partial charge in [-0.15, -0.1) is 0 Å². The van der Waals surface area contributed by atoms with Crippen molar-refractivity contribution in [3.05, 3.63) is 58.6 Å². The van der Waals surface area contributed by atoms with E-state index in [1.54, 1.807) is 0 Å². The van der Waals surface area contributed by atoms with E-state index in [1.807, 2.05) is 31.2 Å². The molecule has 1 atom stereocenters. The van der Waals surface area contributed by atoms with E-state index in [9.17, 15) is 18.0 Å². The lowest BCUT2D eigenvalue weighted by atomic mass is 10.1. The Kier molecular flexibility index (Phi) is 6.17. The Labute approximate surface area is 150 Å². The molecule has 2 rings (SSSR count). The van der Waals surface area contributed by atoms with E-state index < -0.39 is 11.5 Å². The second-order valence-electron chi connectivity index (χ2n) is 4.95. The number of thioether (sulfide) groups is 1. The van der Waals surface area contributed by atoms with Gasteiger partial charge < -0.3 is 10.6 Å². The fraction of sp³-hybridized carbons (Fsp3) is 0.188. The molecule has 0 radical (unpaired) electrons. The number of rotatable bonds is 4. The number of alkyl halides is 3. The van der Waals surface area contributed by atoms with Crippen molar-refractivity contribution < 1.29 is 18.0 Å². The summed E-state index contributed by atoms with van der Waals surface area (Å²) in [5.41, 5.74) is -3.16. The minimum atomic E-state index is -4.36. The van der Waals surface area contributed by atoms with Crippen LogP contribution in [0.15, 0.2) is 57.9 Å². The zero-order valence-electron chi connectivity index (χ0n) is 12.5. The predicted octanol–water partition coefficient (Wildman–Crippen LogP) is 5.94. The van der Waals surface area contributed by atoms with Gasteiger partial charge in [-0.05, 0) is 54.6 Å². The molecule has 0 aliphatic rings. The lowest BCUT2D eigenvalue weighted by Crippen LogP contribution is -2.31. The minimum Gasteiger partial charge on any atom is -0.331 e. The van der Waals surface area contributed by atoms with Crippen molar-refractivity contribution in [2.24, 2.45) is 0 Å². The molecular weight excluding hydrogens is 405 g/mol. The molecule has 2 amide bonds. The van der Waals surface area contributed by atoms with Crippen molar-refractivity contribution in [1.29, 1.82) is 0 Å². The van der Waals surface area contributed by atoms with Gasteiger partial charge in [-0.1, -0.05) is 34.1 Å². The van der Waals surface area contributed by atoms with Crippen LogP contribution in [-0.4, -0.2) is 11.5 Å². The van der Waals surface area contributed by atoms with E-state index in [0.717, 1.165) is 10.0 Å². The number of nitrogens with one attached hydrogen (secondary N) is 2. The second-order valence-corrected chi connectivity index (χ2v) is 7.00. The third-order valence-corrected chi connectivity index (χ3v) is 4.29. The quantitative estimate of drug-likeness (QED) is 0.602. The third-order valence-electron chi connectivity index (χ3n) is 3.04. The molecule has 0 aliphatic carbocycles. The van der Waals surface area contributed by atoms with Gasteiger partial charge in [0.15, 0.2) is 0 Å². The lowest BCUT2D eigenvalue weighted by molar-refractivity contribution is -0.0328. The Bertz CT molecular complexity index is 707. The topological polar surface area (TPSA) is 41.1 Å². The number of anilines is 1. The van der Waals surface area contributed by atoms with Gasteiger partial charge >= 0.3 is 11.5 Å². The SMILES string of the molecule is CC(NC(=O)Nc1cccc(SC(F)(F)F)c1)c1ccc(Br)cc1. The Morgan fingerprint density at radius 2 is 1.83 bits per heavy atom. The number of amides is 2. The number of hydrogen-bond acceptors (Lipinski definition) is 2. The Morgan fingerprint density at radius 1 is 1.17 bits per heavy atom. The molecule has 0 aliphatic heterocycles. The van der Waals surface area contributed by atoms with Crippen molar-refractivity contribution in [2.45, 2.75) is 23.4 Å². The molecule has 2 aromatic carbocycles. The van der Waals surface area contributed by atoms with E-state index in [2.05, 4.69) is 26.6 Å². The molecule has 0 saturated carbocycles. The van der Waals surface area contributed by atoms with Crippen molar-refractivity contribution >= 4 is 39.4 Å². The van der Waals surface area contributed by atoms with Gasteiger partial charge in [0, 0.05) is 15.1 Å². The highest BCUT2D eigenvalue weighted by atomic mass is 79.9. The highest BCUT2D eigenvalue weighted by molar-refractivity contribution is 9.10. The van der Waals surface area contributed by atoms with E-state index >= 15 is 0 Å². The van der Waals surface area contributed by atoms with Crippen LogP contribution in [0.2, 0.25) is 0 Å². The van der Waals surface area contributed by atoms with E-state index in [-0.39, 0.29) is 22.7 Å². The molecule has 0 spiro atoms. The van der Waals surface area contributed by atoms with Gasteiger partial charge in [0.1, 0.15) is 0 Å². The van der Waals surface area contributed by atoms with Gasteiger partial charge in [-0.25, -0.2) is 4.79 Å². The molecule has 0 fully saturated rings. The van der Waals surface area contributed by atoms with Crippen LogP contribution in [0.25, 0.3) is 0 Å². The van der Waals surface area contributed by atoms with Crippen LogP contribution in [0.5, 0.6) is 0 Å². The molecule has 0 bridgehead atoms. The highest BCUT2D eigenvalue weighted by Crippen LogP contribution is 2.37. The summed E-state index contributed by atoms with van der Waals surface area (Å²) < 4.78 is 38.1. The van der Waals surface area contributed by atoms with Crippen molar-refractivity contribution in [3.63, 3.8) is 0 Å². The molecule has 24 heavy (non-hydrogen) atoms. The maximum atomic E-state index is 12.4. The van der Waals surface area contributed by atoms with Crippen molar-refractivity contribution in [3.8, 4) is 0 Å². The maximum absolute atomic E-state index is 12.4. The van der Waals surface area contributed by atoms with E-state index in [4.69, 9.17) is 0 Å². The molecule has 0 aromatic heterocycles. The van der Waals surface area contributed by atoms with Crippen molar-refractivity contribution in [2.75, 3.05) is 5.32 Å². The van der Waals surface area contributed by atoms with Crippen LogP contribution in [0.3, 0.4) is 0 Å². The van der Waals surface area contributed by atoms with Gasteiger partial charge in [0.2, 0.25) is 0 Å². The molecule has 1 unspecified atom stereocenters. The highest BCUT2D eigenvalue weighted by Gasteiger charge is 2.29. The number of carbonyl (C=O) groups is 1. The second kappa shape index (κ2) is 7.94. The number of carbonyl (C=O) groups excluding carboxylic acids is 1. The summed E-state index contributed by atoms with van der Waals surface area (Å²) in [6, 6.07) is 12.3. The first-order chi connectivity index (χ1) is 11.2. The third kappa shape index (κ3) is 6.09. The molecule has 0 heterocycles. The van der Waals surface area contributed by atoms with Crippen LogP contribution in [0.4, 0.5) is 23.7 Å². The van der Waals surface area contributed by atoms with Crippen LogP contribution in [0, 0.1) is 0 Å². The van der Waals surface area contributed by atoms with E-state index in [0.29, 0.717) is 5.69 Å². The maximum Gasteiger partial charge on any atom is 0.446 e. The minimum absolute atomic E-state index is 0.0151. The first-order valence-corrected chi connectivity index (χ1v) is 8.53. The average molecular weight is 419 g/mol. The monoisotopic (exact) mass is 418 g/mol. The zero-order valence-corrected chi connectivity index (χ0v) is 14.9. The fourth-order valence-electron chi connectivity index (χ4n) is 1.97. The standard InChI is InChI=1S/C16H14BrF3N2OS/c1-10(11-5-7-12(17)8-6-11)21-15(23)22-13-3-2-4-14(9-13)24-16(18,19)20/h2-10H,1H3,(H2,21,22,23). The van der Waals surface area contributed by atoms with Gasteiger partial charge in [-0.3, -0.25) is 0 Å². The number of halogens is 4. The van der Waals surface area contributed by atoms with Crippen LogP contribution < -0.4 is 10.6 Å². The number of benzene rings is 2. The van der Waals surface area contributed by atoms with Crippen molar-refractivity contribution in [1.82, 2.24) is 5.32 Å². The average Bonchev–Trinajstić information content (AvgIpc) is 2.46. The zero-order chi connectivity index (χ0) is 17.7. The Hall–Kier alpha value is -1.67. The van der Waals surface area contributed by atoms with Crippen LogP contribution in [-0.2, 0) is 0 Å². The summed E-state index contributed by atoms with van der Waals surface area (Å²) in [5, 5.41) is 5.28. The Morgan fingerprint density at radius 3 is 2.46 bits per heavy atom. The van der Waals surface area contributed by atoms with Gasteiger partial charge in [0.05, 0.1) is 6.04 Å². The summed E-state index contributed by atoms with van der Waals surface area (Å²) in [4.78, 5) is 12.0. The normalized spacial score (nSPS) is 12.5. The molecule has 3 nitrogen and oxygen atoms in total. The van der Waals surface area contributed by atoms with Gasteiger partial charge in [0.25, 0.3) is 0 Å². The molecule has 8 heteroatoms. The molecule has 0 saturated heterocycles. The van der Waals surface area contributed by atoms with Crippen LogP contribution in [0.1, 0.15) is 18.5 Å². The predicted molar refractivity (Wildman–Crippen MR) is 93.1 cm³/mol. The summed E-state index contributed by atoms with van der Waals surface area (Å²) >= 11 is 3.11. The fourth-order valence-corrected chi connectivity index (χ4v) is 2.83. The van der Waals surface area contributed by atoms with Gasteiger partial charge in [-0.2, -0.15) is 13.2 Å². The molecule has 128 valence electrons. The largest absolute Gasteiger partial charge is 0.446 e. The first kappa shape index (κ1) is 18.7. The summed E-state index contributed by atoms with van der Waals surface area (Å²) in [6.45, 7) is 1.82. The number of hydrogen-bond donors (Lipinski definition) is 2. The molecule has 2 N–H and O–H groups in total. The molecular formula is C16H14BrF3N2OS. The summed E-state index contributed by atoms with van der Waals surface area (Å²) in [5.74, 6) is 0. The Balaban J connectivity index is 1.97.